The van der Waals surface area contributed by atoms with Crippen LogP contribution in [0.2, 0.25) is 0 Å². The van der Waals surface area contributed by atoms with Gasteiger partial charge in [-0.15, -0.1) is 0 Å². The number of carbonyl (C=O) groups excluding carboxylic acids is 1. The van der Waals surface area contributed by atoms with Crippen LogP contribution in [0.5, 0.6) is 0 Å². The van der Waals surface area contributed by atoms with Crippen molar-refractivity contribution in [3.63, 3.8) is 0 Å². The van der Waals surface area contributed by atoms with Crippen molar-refractivity contribution in [1.82, 2.24) is 29.9 Å². The number of aromatic nitrogens is 5. The molecule has 8 heteroatoms. The Balaban J connectivity index is 1.90. The molecule has 0 spiro atoms. The van der Waals surface area contributed by atoms with Gasteiger partial charge in [-0.25, -0.2) is 4.98 Å². The highest BCUT2D eigenvalue weighted by molar-refractivity contribution is 5.92. The number of aromatic amines is 1. The molecule has 0 aromatic carbocycles. The first-order valence-corrected chi connectivity index (χ1v) is 9.85. The van der Waals surface area contributed by atoms with Crippen LogP contribution in [0.1, 0.15) is 73.5 Å². The molecule has 2 N–H and O–H groups in total. The van der Waals surface area contributed by atoms with Gasteiger partial charge in [-0.2, -0.15) is 5.10 Å². The number of H-pyrrole nitrogens is 1. The molecule has 3 rings (SSSR count). The predicted octanol–water partition coefficient (Wildman–Crippen LogP) is 2.88. The van der Waals surface area contributed by atoms with E-state index in [1.54, 1.807) is 11.7 Å². The first kappa shape index (κ1) is 20.8. The van der Waals surface area contributed by atoms with Crippen LogP contribution in [0.4, 0.5) is 0 Å². The lowest BCUT2D eigenvalue weighted by Gasteiger charge is -2.23. The molecule has 29 heavy (non-hydrogen) atoms. The SMILES string of the molecule is Cc1nc2c(c(C)c1CNC(=O)c1cc(C(C)C)n(C(C)(C)C)n1)c(=O)[nH]n2C. The maximum Gasteiger partial charge on any atom is 0.273 e. The Morgan fingerprint density at radius 1 is 1.28 bits per heavy atom. The second-order valence-electron chi connectivity index (χ2n) is 8.87. The van der Waals surface area contributed by atoms with Crippen molar-refractivity contribution in [2.75, 3.05) is 0 Å². The molecule has 0 atom stereocenters. The minimum atomic E-state index is -0.240. The quantitative estimate of drug-likeness (QED) is 0.706. The van der Waals surface area contributed by atoms with E-state index in [0.29, 0.717) is 16.7 Å². The minimum Gasteiger partial charge on any atom is -0.346 e. The fourth-order valence-corrected chi connectivity index (χ4v) is 3.62. The minimum absolute atomic E-state index is 0.175. The van der Waals surface area contributed by atoms with Crippen molar-refractivity contribution >= 4 is 16.9 Å². The lowest BCUT2D eigenvalue weighted by Crippen LogP contribution is -2.28. The third-order valence-electron chi connectivity index (χ3n) is 5.20. The molecule has 8 nitrogen and oxygen atoms in total. The second-order valence-corrected chi connectivity index (χ2v) is 8.87. The summed E-state index contributed by atoms with van der Waals surface area (Å²) in [6, 6.07) is 1.86. The summed E-state index contributed by atoms with van der Waals surface area (Å²) in [6.45, 7) is 14.4. The maximum atomic E-state index is 12.8. The van der Waals surface area contributed by atoms with Gasteiger partial charge in [0.2, 0.25) is 0 Å². The van der Waals surface area contributed by atoms with Crippen LogP contribution in [-0.2, 0) is 19.1 Å². The van der Waals surface area contributed by atoms with E-state index in [4.69, 9.17) is 0 Å². The molecule has 3 heterocycles. The van der Waals surface area contributed by atoms with Crippen LogP contribution in [-0.4, -0.2) is 30.5 Å². The molecule has 0 bridgehead atoms. The number of hydrogen-bond donors (Lipinski definition) is 2. The molecule has 0 aliphatic rings. The number of rotatable bonds is 4. The van der Waals surface area contributed by atoms with E-state index in [0.717, 1.165) is 22.5 Å². The van der Waals surface area contributed by atoms with Gasteiger partial charge in [0, 0.05) is 25.0 Å². The van der Waals surface area contributed by atoms with Crippen molar-refractivity contribution < 1.29 is 4.79 Å². The number of hydrogen-bond acceptors (Lipinski definition) is 4. The topological polar surface area (TPSA) is 97.6 Å². The molecule has 0 fully saturated rings. The lowest BCUT2D eigenvalue weighted by molar-refractivity contribution is 0.0944. The first-order valence-electron chi connectivity index (χ1n) is 9.85. The van der Waals surface area contributed by atoms with E-state index in [2.05, 4.69) is 55.1 Å². The summed E-state index contributed by atoms with van der Waals surface area (Å²) in [6.07, 6.45) is 0. The van der Waals surface area contributed by atoms with Gasteiger partial charge in [0.1, 0.15) is 5.69 Å². The Morgan fingerprint density at radius 2 is 1.93 bits per heavy atom. The Morgan fingerprint density at radius 3 is 2.48 bits per heavy atom. The summed E-state index contributed by atoms with van der Waals surface area (Å²) < 4.78 is 3.53. The Labute approximate surface area is 170 Å². The summed E-state index contributed by atoms with van der Waals surface area (Å²) in [4.78, 5) is 29.6. The average Bonchev–Trinajstić information content (AvgIpc) is 3.16. The largest absolute Gasteiger partial charge is 0.346 e. The molecule has 1 amide bonds. The molecule has 3 aromatic rings. The van der Waals surface area contributed by atoms with Crippen LogP contribution in [0, 0.1) is 13.8 Å². The molecular weight excluding hydrogens is 368 g/mol. The number of fused-ring (bicyclic) bond motifs is 1. The lowest BCUT2D eigenvalue weighted by atomic mass is 10.0. The highest BCUT2D eigenvalue weighted by Crippen LogP contribution is 2.24. The van der Waals surface area contributed by atoms with Gasteiger partial charge in [0.15, 0.2) is 5.65 Å². The van der Waals surface area contributed by atoms with E-state index >= 15 is 0 Å². The zero-order valence-electron chi connectivity index (χ0n) is 18.5. The maximum absolute atomic E-state index is 12.8. The first-order chi connectivity index (χ1) is 13.4. The Bertz CT molecular complexity index is 1140. The molecule has 0 radical (unpaired) electrons. The number of nitrogens with zero attached hydrogens (tertiary/aromatic N) is 4. The summed E-state index contributed by atoms with van der Waals surface area (Å²) >= 11 is 0. The highest BCUT2D eigenvalue weighted by Gasteiger charge is 2.24. The summed E-state index contributed by atoms with van der Waals surface area (Å²) in [5, 5.41) is 10.8. The number of carbonyl (C=O) groups is 1. The molecule has 0 aliphatic heterocycles. The molecule has 0 aliphatic carbocycles. The predicted molar refractivity (Wildman–Crippen MR) is 113 cm³/mol. The molecule has 3 aromatic heterocycles. The smallest absolute Gasteiger partial charge is 0.273 e. The van der Waals surface area contributed by atoms with E-state index < -0.39 is 0 Å². The number of nitrogens with one attached hydrogen (secondary N) is 2. The molecule has 0 saturated heterocycles. The third-order valence-corrected chi connectivity index (χ3v) is 5.20. The standard InChI is InChI=1S/C21H30N6O2/c1-11(2)16-9-15(24-27(16)21(5,6)7)19(28)22-10-14-12(3)17-18(23-13(14)4)26(8)25-20(17)29/h9,11H,10H2,1-8H3,(H,22,28)(H,25,29). The molecule has 156 valence electrons. The van der Waals surface area contributed by atoms with Crippen molar-refractivity contribution in [3.05, 3.63) is 44.6 Å². The van der Waals surface area contributed by atoms with Gasteiger partial charge in [-0.05, 0) is 57.7 Å². The Hall–Kier alpha value is -2.90. The molecule has 0 unspecified atom stereocenters. The number of amides is 1. The summed E-state index contributed by atoms with van der Waals surface area (Å²) in [7, 11) is 1.76. The van der Waals surface area contributed by atoms with Crippen molar-refractivity contribution in [2.45, 2.75) is 66.5 Å². The number of aryl methyl sites for hydroxylation is 3. The van der Waals surface area contributed by atoms with Crippen LogP contribution in [0.3, 0.4) is 0 Å². The normalized spacial score (nSPS) is 12.2. The third kappa shape index (κ3) is 3.71. The Kier molecular flexibility index (Phi) is 5.15. The van der Waals surface area contributed by atoms with Gasteiger partial charge in [-0.1, -0.05) is 13.8 Å². The van der Waals surface area contributed by atoms with Crippen molar-refractivity contribution in [1.29, 1.82) is 0 Å². The van der Waals surface area contributed by atoms with Gasteiger partial charge in [-0.3, -0.25) is 24.1 Å². The van der Waals surface area contributed by atoms with Crippen LogP contribution in [0.15, 0.2) is 10.9 Å². The van der Waals surface area contributed by atoms with E-state index in [1.165, 1.54) is 0 Å². The van der Waals surface area contributed by atoms with Gasteiger partial charge < -0.3 is 5.32 Å². The fraction of sp³-hybridized carbons (Fsp3) is 0.524. The number of pyridine rings is 1. The summed E-state index contributed by atoms with van der Waals surface area (Å²) in [5.41, 5.74) is 4.11. The van der Waals surface area contributed by atoms with Gasteiger partial charge >= 0.3 is 0 Å². The fourth-order valence-electron chi connectivity index (χ4n) is 3.62. The van der Waals surface area contributed by atoms with Gasteiger partial charge in [0.25, 0.3) is 11.5 Å². The zero-order chi connectivity index (χ0) is 21.7. The second kappa shape index (κ2) is 7.17. The zero-order valence-corrected chi connectivity index (χ0v) is 18.5. The van der Waals surface area contributed by atoms with Crippen molar-refractivity contribution in [3.8, 4) is 0 Å². The average molecular weight is 399 g/mol. The van der Waals surface area contributed by atoms with Crippen molar-refractivity contribution in [2.24, 2.45) is 7.05 Å². The molecule has 0 saturated carbocycles. The highest BCUT2D eigenvalue weighted by atomic mass is 16.2. The van der Waals surface area contributed by atoms with E-state index in [9.17, 15) is 9.59 Å². The van der Waals surface area contributed by atoms with Gasteiger partial charge in [0.05, 0.1) is 10.9 Å². The van der Waals surface area contributed by atoms with E-state index in [-0.39, 0.29) is 29.5 Å². The van der Waals surface area contributed by atoms with Crippen LogP contribution < -0.4 is 10.9 Å². The van der Waals surface area contributed by atoms with E-state index in [1.807, 2.05) is 24.6 Å². The molecular formula is C21H30N6O2. The monoisotopic (exact) mass is 398 g/mol. The summed E-state index contributed by atoms with van der Waals surface area (Å²) in [5.74, 6) is 0.0138. The van der Waals surface area contributed by atoms with Crippen LogP contribution >= 0.6 is 0 Å². The van der Waals surface area contributed by atoms with Crippen LogP contribution in [0.25, 0.3) is 11.0 Å².